The Morgan fingerprint density at radius 2 is 1.89 bits per heavy atom. The molecule has 2 N–H and O–H groups in total. The second kappa shape index (κ2) is 9.32. The van der Waals surface area contributed by atoms with Crippen LogP contribution >= 0.6 is 50.6 Å². The van der Waals surface area contributed by atoms with E-state index in [0.29, 0.717) is 20.1 Å². The molecule has 0 spiro atoms. The van der Waals surface area contributed by atoms with Gasteiger partial charge in [0, 0.05) is 20.7 Å². The molecular formula is C17H12BrClN4O2S2. The number of halogens is 2. The van der Waals surface area contributed by atoms with Crippen molar-refractivity contribution >= 4 is 73.3 Å². The van der Waals surface area contributed by atoms with Crippen LogP contribution in [0.3, 0.4) is 0 Å². The molecule has 3 aromatic rings. The average Bonchev–Trinajstić information content (AvgIpc) is 3.09. The lowest BCUT2D eigenvalue weighted by Gasteiger charge is -2.03. The maximum atomic E-state index is 12.2. The number of amides is 2. The molecule has 0 aliphatic heterocycles. The van der Waals surface area contributed by atoms with Gasteiger partial charge in [0.25, 0.3) is 5.91 Å². The quantitative estimate of drug-likeness (QED) is 0.383. The minimum absolute atomic E-state index is 0.151. The van der Waals surface area contributed by atoms with Gasteiger partial charge < -0.3 is 5.32 Å². The predicted molar refractivity (Wildman–Crippen MR) is 113 cm³/mol. The highest BCUT2D eigenvalue weighted by Gasteiger charge is 2.12. The molecule has 1 heterocycles. The van der Waals surface area contributed by atoms with Crippen molar-refractivity contribution in [1.29, 1.82) is 0 Å². The number of carbonyl (C=O) groups excluding carboxylic acids is 2. The normalized spacial score (nSPS) is 10.4. The first-order chi connectivity index (χ1) is 13.0. The van der Waals surface area contributed by atoms with Gasteiger partial charge in [-0.2, -0.15) is 0 Å². The van der Waals surface area contributed by atoms with Crippen molar-refractivity contribution in [2.45, 2.75) is 4.34 Å². The molecule has 2 aromatic carbocycles. The highest BCUT2D eigenvalue weighted by molar-refractivity contribution is 9.10. The molecule has 2 amide bonds. The Kier molecular flexibility index (Phi) is 6.84. The van der Waals surface area contributed by atoms with Gasteiger partial charge in [-0.1, -0.05) is 56.7 Å². The van der Waals surface area contributed by atoms with Crippen LogP contribution in [0.15, 0.2) is 57.3 Å². The lowest BCUT2D eigenvalue weighted by molar-refractivity contribution is -0.113. The Balaban J connectivity index is 1.51. The summed E-state index contributed by atoms with van der Waals surface area (Å²) in [5.74, 6) is -0.285. The molecule has 10 heteroatoms. The van der Waals surface area contributed by atoms with Crippen molar-refractivity contribution in [3.63, 3.8) is 0 Å². The third-order valence-electron chi connectivity index (χ3n) is 3.17. The number of rotatable bonds is 6. The Morgan fingerprint density at radius 3 is 2.63 bits per heavy atom. The number of hydrogen-bond acceptors (Lipinski definition) is 6. The third-order valence-corrected chi connectivity index (χ3v) is 5.90. The number of nitrogens with zero attached hydrogens (tertiary/aromatic N) is 2. The number of anilines is 2. The van der Waals surface area contributed by atoms with Crippen LogP contribution in [0.1, 0.15) is 10.4 Å². The van der Waals surface area contributed by atoms with Crippen LogP contribution in [0.5, 0.6) is 0 Å². The van der Waals surface area contributed by atoms with E-state index in [9.17, 15) is 9.59 Å². The highest BCUT2D eigenvalue weighted by atomic mass is 79.9. The molecule has 0 bridgehead atoms. The summed E-state index contributed by atoms with van der Waals surface area (Å²) in [4.78, 5) is 24.2. The fourth-order valence-corrected chi connectivity index (χ4v) is 3.98. The third kappa shape index (κ3) is 6.03. The van der Waals surface area contributed by atoms with E-state index in [1.54, 1.807) is 36.4 Å². The number of thioether (sulfide) groups is 1. The van der Waals surface area contributed by atoms with Crippen LogP contribution in [0.2, 0.25) is 5.02 Å². The zero-order valence-electron chi connectivity index (χ0n) is 13.6. The Bertz CT molecular complexity index is 966. The van der Waals surface area contributed by atoms with Crippen LogP contribution in [0.25, 0.3) is 0 Å². The van der Waals surface area contributed by atoms with Gasteiger partial charge in [-0.25, -0.2) is 0 Å². The molecule has 0 aliphatic carbocycles. The monoisotopic (exact) mass is 482 g/mol. The molecule has 0 radical (unpaired) electrons. The number of aromatic nitrogens is 2. The van der Waals surface area contributed by atoms with Crippen LogP contribution in [-0.2, 0) is 4.79 Å². The average molecular weight is 484 g/mol. The second-order valence-corrected chi connectivity index (χ2v) is 8.73. The van der Waals surface area contributed by atoms with Gasteiger partial charge >= 0.3 is 0 Å². The minimum Gasteiger partial charge on any atom is -0.325 e. The van der Waals surface area contributed by atoms with E-state index in [0.717, 1.165) is 10.2 Å². The molecular weight excluding hydrogens is 472 g/mol. The maximum Gasteiger partial charge on any atom is 0.257 e. The summed E-state index contributed by atoms with van der Waals surface area (Å²) in [6.07, 6.45) is 0. The topological polar surface area (TPSA) is 84.0 Å². The van der Waals surface area contributed by atoms with Gasteiger partial charge in [0.1, 0.15) is 0 Å². The molecule has 1 aromatic heterocycles. The second-order valence-electron chi connectivity index (χ2n) is 5.18. The standard InChI is InChI=1S/C17H12BrClN4O2S2/c18-11-4-6-13(7-5-11)20-14(24)9-26-17-23-22-16(27-17)21-15(25)10-2-1-3-12(19)8-10/h1-8H,9H2,(H,20,24)(H,21,22,25). The largest absolute Gasteiger partial charge is 0.325 e. The van der Waals surface area contributed by atoms with Gasteiger partial charge in [0.15, 0.2) is 4.34 Å². The van der Waals surface area contributed by atoms with Crippen molar-refractivity contribution in [2.75, 3.05) is 16.4 Å². The molecule has 0 unspecified atom stereocenters. The number of benzene rings is 2. The van der Waals surface area contributed by atoms with E-state index in [1.807, 2.05) is 12.1 Å². The molecule has 0 fully saturated rings. The minimum atomic E-state index is -0.321. The lowest BCUT2D eigenvalue weighted by atomic mass is 10.2. The first kappa shape index (κ1) is 19.8. The van der Waals surface area contributed by atoms with E-state index in [4.69, 9.17) is 11.6 Å². The molecule has 6 nitrogen and oxygen atoms in total. The van der Waals surface area contributed by atoms with Crippen LogP contribution < -0.4 is 10.6 Å². The Morgan fingerprint density at radius 1 is 1.11 bits per heavy atom. The molecule has 0 saturated carbocycles. The fourth-order valence-electron chi connectivity index (χ4n) is 1.98. The van der Waals surface area contributed by atoms with Gasteiger partial charge in [-0.15, -0.1) is 10.2 Å². The summed E-state index contributed by atoms with van der Waals surface area (Å²) in [5, 5.41) is 14.2. The van der Waals surface area contributed by atoms with Crippen molar-refractivity contribution in [1.82, 2.24) is 10.2 Å². The summed E-state index contributed by atoms with van der Waals surface area (Å²) >= 11 is 11.7. The van der Waals surface area contributed by atoms with Crippen molar-refractivity contribution in [2.24, 2.45) is 0 Å². The number of carbonyl (C=O) groups is 2. The van der Waals surface area contributed by atoms with Crippen LogP contribution in [0.4, 0.5) is 10.8 Å². The predicted octanol–water partition coefficient (Wildman–Crippen LogP) is 4.94. The summed E-state index contributed by atoms with van der Waals surface area (Å²) in [6, 6.07) is 13.9. The smallest absolute Gasteiger partial charge is 0.257 e. The van der Waals surface area contributed by atoms with Gasteiger partial charge in [-0.3, -0.25) is 14.9 Å². The molecule has 3 rings (SSSR count). The zero-order valence-corrected chi connectivity index (χ0v) is 17.6. The van der Waals surface area contributed by atoms with E-state index in [1.165, 1.54) is 23.1 Å². The zero-order chi connectivity index (χ0) is 19.2. The fraction of sp³-hybridized carbons (Fsp3) is 0.0588. The van der Waals surface area contributed by atoms with Gasteiger partial charge in [0.05, 0.1) is 5.75 Å². The van der Waals surface area contributed by atoms with Crippen LogP contribution in [-0.4, -0.2) is 27.8 Å². The van der Waals surface area contributed by atoms with Crippen molar-refractivity contribution in [3.05, 3.63) is 63.6 Å². The molecule has 27 heavy (non-hydrogen) atoms. The molecule has 0 saturated heterocycles. The van der Waals surface area contributed by atoms with E-state index < -0.39 is 0 Å². The van der Waals surface area contributed by atoms with E-state index in [2.05, 4.69) is 36.8 Å². The number of nitrogens with one attached hydrogen (secondary N) is 2. The SMILES string of the molecule is O=C(CSc1nnc(NC(=O)c2cccc(Cl)c2)s1)Nc1ccc(Br)cc1. The number of hydrogen-bond donors (Lipinski definition) is 2. The summed E-state index contributed by atoms with van der Waals surface area (Å²) < 4.78 is 1.53. The van der Waals surface area contributed by atoms with Crippen LogP contribution in [0, 0.1) is 0 Å². The first-order valence-electron chi connectivity index (χ1n) is 7.58. The van der Waals surface area contributed by atoms with E-state index >= 15 is 0 Å². The molecule has 138 valence electrons. The molecule has 0 aliphatic rings. The summed E-state index contributed by atoms with van der Waals surface area (Å²) in [6.45, 7) is 0. The Labute approximate surface area is 176 Å². The lowest BCUT2D eigenvalue weighted by Crippen LogP contribution is -2.13. The first-order valence-corrected chi connectivity index (χ1v) is 10.6. The van der Waals surface area contributed by atoms with Gasteiger partial charge in [-0.05, 0) is 42.5 Å². The van der Waals surface area contributed by atoms with Gasteiger partial charge in [0.2, 0.25) is 11.0 Å². The Hall–Kier alpha value is -1.94. The highest BCUT2D eigenvalue weighted by Crippen LogP contribution is 2.26. The summed E-state index contributed by atoms with van der Waals surface area (Å²) in [7, 11) is 0. The van der Waals surface area contributed by atoms with Crippen molar-refractivity contribution < 1.29 is 9.59 Å². The van der Waals surface area contributed by atoms with E-state index in [-0.39, 0.29) is 17.6 Å². The maximum absolute atomic E-state index is 12.2. The molecule has 0 atom stereocenters. The summed E-state index contributed by atoms with van der Waals surface area (Å²) in [5.41, 5.74) is 1.15. The van der Waals surface area contributed by atoms with Crippen molar-refractivity contribution in [3.8, 4) is 0 Å².